The van der Waals surface area contributed by atoms with Crippen molar-refractivity contribution in [3.8, 4) is 5.75 Å². The normalized spacial score (nSPS) is 10.4. The molecule has 1 rings (SSSR count). The van der Waals surface area contributed by atoms with Crippen LogP contribution in [0.25, 0.3) is 0 Å². The molecule has 0 fully saturated rings. The molecule has 3 heteroatoms. The quantitative estimate of drug-likeness (QED) is 0.773. The molecule has 0 aromatic carbocycles. The minimum Gasteiger partial charge on any atom is -0.487 e. The average Bonchev–Trinajstić information content (AvgIpc) is 2.17. The summed E-state index contributed by atoms with van der Waals surface area (Å²) in [5.41, 5.74) is 6.37. The Hall–Kier alpha value is -1.25. The van der Waals surface area contributed by atoms with Gasteiger partial charge in [0.05, 0.1) is 18.0 Å². The van der Waals surface area contributed by atoms with Crippen LogP contribution in [0.3, 0.4) is 0 Å². The van der Waals surface area contributed by atoms with Crippen molar-refractivity contribution >= 4 is 5.69 Å². The van der Waals surface area contributed by atoms with Gasteiger partial charge in [0.1, 0.15) is 0 Å². The van der Waals surface area contributed by atoms with Crippen LogP contribution in [0.1, 0.15) is 26.7 Å². The SMILES string of the molecule is CCC(CC)Oc1cnccc1N. The van der Waals surface area contributed by atoms with Gasteiger partial charge >= 0.3 is 0 Å². The molecule has 0 aliphatic rings. The predicted molar refractivity (Wildman–Crippen MR) is 53.6 cm³/mol. The Morgan fingerprint density at radius 3 is 2.69 bits per heavy atom. The van der Waals surface area contributed by atoms with E-state index in [2.05, 4.69) is 18.8 Å². The topological polar surface area (TPSA) is 48.1 Å². The lowest BCUT2D eigenvalue weighted by Crippen LogP contribution is -2.14. The van der Waals surface area contributed by atoms with Crippen LogP contribution in [-0.4, -0.2) is 11.1 Å². The van der Waals surface area contributed by atoms with Gasteiger partial charge in [-0.2, -0.15) is 0 Å². The number of rotatable bonds is 4. The number of nitrogens with two attached hydrogens (primary N) is 1. The molecule has 0 radical (unpaired) electrons. The highest BCUT2D eigenvalue weighted by Gasteiger charge is 2.06. The Morgan fingerprint density at radius 2 is 2.15 bits per heavy atom. The molecule has 0 aliphatic carbocycles. The first-order valence-corrected chi connectivity index (χ1v) is 4.64. The maximum absolute atomic E-state index is 5.71. The van der Waals surface area contributed by atoms with Crippen molar-refractivity contribution in [3.05, 3.63) is 18.5 Å². The maximum Gasteiger partial charge on any atom is 0.160 e. The van der Waals surface area contributed by atoms with E-state index in [4.69, 9.17) is 10.5 Å². The van der Waals surface area contributed by atoms with Crippen molar-refractivity contribution in [2.75, 3.05) is 5.73 Å². The molecule has 13 heavy (non-hydrogen) atoms. The second-order valence-corrected chi connectivity index (χ2v) is 2.97. The zero-order valence-corrected chi connectivity index (χ0v) is 8.16. The fourth-order valence-electron chi connectivity index (χ4n) is 1.12. The van der Waals surface area contributed by atoms with Gasteiger partial charge in [0.25, 0.3) is 0 Å². The van der Waals surface area contributed by atoms with Gasteiger partial charge in [0.2, 0.25) is 0 Å². The highest BCUT2D eigenvalue weighted by Crippen LogP contribution is 2.21. The van der Waals surface area contributed by atoms with Crippen molar-refractivity contribution in [2.24, 2.45) is 0 Å². The van der Waals surface area contributed by atoms with Crippen LogP contribution in [0.5, 0.6) is 5.75 Å². The van der Waals surface area contributed by atoms with Crippen LogP contribution < -0.4 is 10.5 Å². The second kappa shape index (κ2) is 4.70. The van der Waals surface area contributed by atoms with Crippen molar-refractivity contribution in [2.45, 2.75) is 32.8 Å². The van der Waals surface area contributed by atoms with Crippen LogP contribution in [0, 0.1) is 0 Å². The lowest BCUT2D eigenvalue weighted by Gasteiger charge is -2.16. The third-order valence-corrected chi connectivity index (χ3v) is 2.02. The molecule has 0 saturated heterocycles. The van der Waals surface area contributed by atoms with E-state index in [9.17, 15) is 0 Å². The summed E-state index contributed by atoms with van der Waals surface area (Å²) >= 11 is 0. The molecule has 0 aliphatic heterocycles. The molecular weight excluding hydrogens is 164 g/mol. The number of hydrogen-bond acceptors (Lipinski definition) is 3. The van der Waals surface area contributed by atoms with E-state index in [1.165, 1.54) is 0 Å². The molecule has 0 amide bonds. The number of nitrogen functional groups attached to an aromatic ring is 1. The van der Waals surface area contributed by atoms with E-state index in [0.717, 1.165) is 12.8 Å². The molecule has 1 aromatic rings. The minimum absolute atomic E-state index is 0.242. The lowest BCUT2D eigenvalue weighted by molar-refractivity contribution is 0.193. The number of aromatic nitrogens is 1. The molecule has 2 N–H and O–H groups in total. The van der Waals surface area contributed by atoms with Gasteiger partial charge in [0.15, 0.2) is 5.75 Å². The fraction of sp³-hybridized carbons (Fsp3) is 0.500. The summed E-state index contributed by atoms with van der Waals surface area (Å²) in [5.74, 6) is 0.691. The number of ether oxygens (including phenoxy) is 1. The summed E-state index contributed by atoms with van der Waals surface area (Å²) in [6.45, 7) is 4.20. The van der Waals surface area contributed by atoms with Crippen LogP contribution in [0.4, 0.5) is 5.69 Å². The van der Waals surface area contributed by atoms with Crippen LogP contribution in [0.2, 0.25) is 0 Å². The predicted octanol–water partition coefficient (Wildman–Crippen LogP) is 2.23. The molecule has 0 atom stereocenters. The molecule has 0 spiro atoms. The molecule has 0 saturated carbocycles. The van der Waals surface area contributed by atoms with Gasteiger partial charge < -0.3 is 10.5 Å². The Morgan fingerprint density at radius 1 is 1.46 bits per heavy atom. The number of anilines is 1. The first-order valence-electron chi connectivity index (χ1n) is 4.64. The van der Waals surface area contributed by atoms with Crippen molar-refractivity contribution < 1.29 is 4.74 Å². The third-order valence-electron chi connectivity index (χ3n) is 2.02. The first-order chi connectivity index (χ1) is 6.27. The van der Waals surface area contributed by atoms with Gasteiger partial charge in [-0.15, -0.1) is 0 Å². The first kappa shape index (κ1) is 9.84. The van der Waals surface area contributed by atoms with E-state index in [1.807, 2.05) is 0 Å². The Balaban J connectivity index is 2.67. The molecular formula is C10H16N2O. The van der Waals surface area contributed by atoms with Gasteiger partial charge in [0, 0.05) is 6.20 Å². The van der Waals surface area contributed by atoms with Crippen molar-refractivity contribution in [3.63, 3.8) is 0 Å². The van der Waals surface area contributed by atoms with Gasteiger partial charge in [-0.1, -0.05) is 13.8 Å². The van der Waals surface area contributed by atoms with E-state index >= 15 is 0 Å². The molecule has 1 heterocycles. The Kier molecular flexibility index (Phi) is 3.55. The number of pyridine rings is 1. The third kappa shape index (κ3) is 2.61. The summed E-state index contributed by atoms with van der Waals surface area (Å²) in [6, 6.07) is 1.75. The highest BCUT2D eigenvalue weighted by molar-refractivity contribution is 5.49. The lowest BCUT2D eigenvalue weighted by atomic mass is 10.2. The molecule has 0 bridgehead atoms. The maximum atomic E-state index is 5.71. The van der Waals surface area contributed by atoms with E-state index in [0.29, 0.717) is 11.4 Å². The summed E-state index contributed by atoms with van der Waals surface area (Å²) in [5, 5.41) is 0. The molecule has 0 unspecified atom stereocenters. The Labute approximate surface area is 78.9 Å². The summed E-state index contributed by atoms with van der Waals surface area (Å²) in [7, 11) is 0. The minimum atomic E-state index is 0.242. The largest absolute Gasteiger partial charge is 0.487 e. The van der Waals surface area contributed by atoms with Gasteiger partial charge in [-0.05, 0) is 18.9 Å². The monoisotopic (exact) mass is 180 g/mol. The van der Waals surface area contributed by atoms with Gasteiger partial charge in [-0.25, -0.2) is 0 Å². The van der Waals surface area contributed by atoms with Crippen molar-refractivity contribution in [1.29, 1.82) is 0 Å². The summed E-state index contributed by atoms with van der Waals surface area (Å²) in [6.07, 6.45) is 5.55. The van der Waals surface area contributed by atoms with E-state index in [1.54, 1.807) is 18.5 Å². The molecule has 1 aromatic heterocycles. The van der Waals surface area contributed by atoms with Crippen LogP contribution in [0.15, 0.2) is 18.5 Å². The summed E-state index contributed by atoms with van der Waals surface area (Å²) < 4.78 is 5.66. The van der Waals surface area contributed by atoms with Crippen LogP contribution >= 0.6 is 0 Å². The molecule has 3 nitrogen and oxygen atoms in total. The fourth-order valence-corrected chi connectivity index (χ4v) is 1.12. The standard InChI is InChI=1S/C10H16N2O/c1-3-8(4-2)13-10-7-12-6-5-9(10)11/h5-8H,3-4H2,1-2H3,(H2,11,12). The van der Waals surface area contributed by atoms with Crippen LogP contribution in [-0.2, 0) is 0 Å². The van der Waals surface area contributed by atoms with E-state index in [-0.39, 0.29) is 6.10 Å². The Bertz CT molecular complexity index is 259. The highest BCUT2D eigenvalue weighted by atomic mass is 16.5. The van der Waals surface area contributed by atoms with Gasteiger partial charge in [-0.3, -0.25) is 4.98 Å². The summed E-state index contributed by atoms with van der Waals surface area (Å²) in [4.78, 5) is 3.96. The number of nitrogens with zero attached hydrogens (tertiary/aromatic N) is 1. The zero-order valence-electron chi connectivity index (χ0n) is 8.16. The number of hydrogen-bond donors (Lipinski definition) is 1. The molecule has 72 valence electrons. The zero-order chi connectivity index (χ0) is 9.68. The van der Waals surface area contributed by atoms with Crippen molar-refractivity contribution in [1.82, 2.24) is 4.98 Å². The average molecular weight is 180 g/mol. The smallest absolute Gasteiger partial charge is 0.160 e. The second-order valence-electron chi connectivity index (χ2n) is 2.97. The van der Waals surface area contributed by atoms with E-state index < -0.39 is 0 Å².